The molecule has 0 atom stereocenters. The van der Waals surface area contributed by atoms with Crippen LogP contribution in [-0.4, -0.2) is 30.1 Å². The molecule has 3 heterocycles. The number of aromatic nitrogens is 5. The summed E-state index contributed by atoms with van der Waals surface area (Å²) in [5.41, 5.74) is 1.50. The Bertz CT molecular complexity index is 1030. The van der Waals surface area contributed by atoms with Crippen LogP contribution in [0.5, 0.6) is 0 Å². The zero-order chi connectivity index (χ0) is 19.0. The van der Waals surface area contributed by atoms with Crippen LogP contribution in [0.25, 0.3) is 5.52 Å². The molecule has 140 valence electrons. The van der Waals surface area contributed by atoms with Crippen LogP contribution in [-0.2, 0) is 11.3 Å². The van der Waals surface area contributed by atoms with Crippen LogP contribution in [0.1, 0.15) is 56.3 Å². The van der Waals surface area contributed by atoms with E-state index in [0.29, 0.717) is 17.3 Å². The molecule has 0 aromatic carbocycles. The predicted octanol–water partition coefficient (Wildman–Crippen LogP) is 2.32. The van der Waals surface area contributed by atoms with Crippen LogP contribution in [0.3, 0.4) is 0 Å². The molecular weight excluding hydrogens is 344 g/mol. The molecule has 1 N–H and O–H groups in total. The summed E-state index contributed by atoms with van der Waals surface area (Å²) >= 11 is 0. The van der Waals surface area contributed by atoms with Crippen molar-refractivity contribution in [3.8, 4) is 0 Å². The minimum absolute atomic E-state index is 0.117. The van der Waals surface area contributed by atoms with Crippen molar-refractivity contribution in [2.75, 3.05) is 5.32 Å². The number of fused-ring (bicyclic) bond motifs is 1. The Morgan fingerprint density at radius 3 is 2.81 bits per heavy atom. The lowest BCUT2D eigenvalue weighted by atomic mass is 9.81. The Morgan fingerprint density at radius 1 is 1.37 bits per heavy atom. The van der Waals surface area contributed by atoms with Gasteiger partial charge < -0.3 is 5.32 Å². The number of carbonyl (C=O) groups is 1. The first kappa shape index (κ1) is 17.4. The SMILES string of the molecule is CC(C)c1nn(CC(=O)Nc2ccncn2)c(=O)c2cc(C3CCC3)cn12. The molecular formula is C19H22N6O2. The summed E-state index contributed by atoms with van der Waals surface area (Å²) in [4.78, 5) is 33.0. The van der Waals surface area contributed by atoms with E-state index in [1.165, 1.54) is 23.0 Å². The van der Waals surface area contributed by atoms with Crippen molar-refractivity contribution in [3.63, 3.8) is 0 Å². The van der Waals surface area contributed by atoms with Gasteiger partial charge in [-0.2, -0.15) is 5.10 Å². The topological polar surface area (TPSA) is 94.2 Å². The first-order chi connectivity index (χ1) is 13.0. The molecule has 0 saturated heterocycles. The minimum atomic E-state index is -0.354. The van der Waals surface area contributed by atoms with Crippen LogP contribution in [0, 0.1) is 0 Å². The van der Waals surface area contributed by atoms with Crippen molar-refractivity contribution >= 4 is 17.2 Å². The van der Waals surface area contributed by atoms with Gasteiger partial charge in [-0.05, 0) is 36.5 Å². The van der Waals surface area contributed by atoms with E-state index in [1.807, 2.05) is 30.5 Å². The molecule has 1 saturated carbocycles. The Balaban J connectivity index is 1.68. The third-order valence-corrected chi connectivity index (χ3v) is 5.00. The smallest absolute Gasteiger partial charge is 0.291 e. The van der Waals surface area contributed by atoms with Crippen molar-refractivity contribution in [2.24, 2.45) is 0 Å². The molecule has 0 bridgehead atoms. The van der Waals surface area contributed by atoms with E-state index < -0.39 is 0 Å². The number of anilines is 1. The fourth-order valence-electron chi connectivity index (χ4n) is 3.34. The molecule has 1 aliphatic rings. The Kier molecular flexibility index (Phi) is 4.47. The molecule has 3 aromatic rings. The highest BCUT2D eigenvalue weighted by Crippen LogP contribution is 2.37. The number of carbonyl (C=O) groups excluding carboxylic acids is 1. The van der Waals surface area contributed by atoms with Gasteiger partial charge in [0.1, 0.15) is 30.0 Å². The first-order valence-corrected chi connectivity index (χ1v) is 9.22. The van der Waals surface area contributed by atoms with E-state index in [2.05, 4.69) is 20.4 Å². The zero-order valence-corrected chi connectivity index (χ0v) is 15.4. The van der Waals surface area contributed by atoms with Gasteiger partial charge in [-0.25, -0.2) is 14.6 Å². The lowest BCUT2D eigenvalue weighted by Crippen LogP contribution is -2.32. The van der Waals surface area contributed by atoms with Gasteiger partial charge in [-0.3, -0.25) is 14.0 Å². The number of amides is 1. The molecule has 0 aliphatic heterocycles. The summed E-state index contributed by atoms with van der Waals surface area (Å²) < 4.78 is 3.13. The second kappa shape index (κ2) is 6.94. The molecule has 3 aromatic heterocycles. The van der Waals surface area contributed by atoms with Gasteiger partial charge in [-0.1, -0.05) is 20.3 Å². The quantitative estimate of drug-likeness (QED) is 0.748. The van der Waals surface area contributed by atoms with Crippen LogP contribution in [0.4, 0.5) is 5.82 Å². The first-order valence-electron chi connectivity index (χ1n) is 9.22. The average Bonchev–Trinajstić information content (AvgIpc) is 3.01. The van der Waals surface area contributed by atoms with Crippen molar-refractivity contribution in [1.29, 1.82) is 0 Å². The summed E-state index contributed by atoms with van der Waals surface area (Å²) in [5, 5.41) is 7.13. The molecule has 8 nitrogen and oxygen atoms in total. The maximum atomic E-state index is 12.9. The van der Waals surface area contributed by atoms with E-state index in [4.69, 9.17) is 0 Å². The molecule has 0 radical (unpaired) electrons. The van der Waals surface area contributed by atoms with Gasteiger partial charge in [0, 0.05) is 18.3 Å². The largest absolute Gasteiger partial charge is 0.309 e. The van der Waals surface area contributed by atoms with Gasteiger partial charge in [0.25, 0.3) is 5.56 Å². The van der Waals surface area contributed by atoms with Crippen LogP contribution in [0.2, 0.25) is 0 Å². The van der Waals surface area contributed by atoms with Gasteiger partial charge >= 0.3 is 0 Å². The molecule has 1 aliphatic carbocycles. The normalized spacial score (nSPS) is 14.5. The van der Waals surface area contributed by atoms with Crippen LogP contribution in [0.15, 0.2) is 35.6 Å². The molecule has 4 rings (SSSR count). The van der Waals surface area contributed by atoms with E-state index in [9.17, 15) is 9.59 Å². The average molecular weight is 366 g/mol. The third kappa shape index (κ3) is 3.34. The van der Waals surface area contributed by atoms with E-state index in [1.54, 1.807) is 12.3 Å². The van der Waals surface area contributed by atoms with Gasteiger partial charge in [0.05, 0.1) is 0 Å². The Morgan fingerprint density at radius 2 is 2.19 bits per heavy atom. The van der Waals surface area contributed by atoms with Crippen molar-refractivity contribution in [1.82, 2.24) is 24.1 Å². The lowest BCUT2D eigenvalue weighted by molar-refractivity contribution is -0.117. The summed E-state index contributed by atoms with van der Waals surface area (Å²) in [6, 6.07) is 3.55. The number of nitrogens with zero attached hydrogens (tertiary/aromatic N) is 5. The monoisotopic (exact) mass is 366 g/mol. The van der Waals surface area contributed by atoms with Crippen LogP contribution < -0.4 is 10.9 Å². The van der Waals surface area contributed by atoms with Gasteiger partial charge in [-0.15, -0.1) is 0 Å². The molecule has 0 unspecified atom stereocenters. The Hall–Kier alpha value is -3.03. The maximum Gasteiger partial charge on any atom is 0.291 e. The summed E-state index contributed by atoms with van der Waals surface area (Å²) in [6.45, 7) is 3.89. The number of rotatable bonds is 5. The highest BCUT2D eigenvalue weighted by Gasteiger charge is 2.23. The summed E-state index contributed by atoms with van der Waals surface area (Å²) in [7, 11) is 0. The van der Waals surface area contributed by atoms with Crippen molar-refractivity contribution in [2.45, 2.75) is 51.5 Å². The fourth-order valence-corrected chi connectivity index (χ4v) is 3.34. The predicted molar refractivity (Wildman–Crippen MR) is 101 cm³/mol. The summed E-state index contributed by atoms with van der Waals surface area (Å²) in [5.74, 6) is 1.45. The molecule has 1 fully saturated rings. The second-order valence-corrected chi connectivity index (χ2v) is 7.28. The highest BCUT2D eigenvalue weighted by molar-refractivity contribution is 5.89. The molecule has 1 amide bonds. The number of hydrogen-bond donors (Lipinski definition) is 1. The van der Waals surface area contributed by atoms with Crippen molar-refractivity contribution in [3.05, 3.63) is 52.6 Å². The number of nitrogens with one attached hydrogen (secondary N) is 1. The molecule has 0 spiro atoms. The van der Waals surface area contributed by atoms with Crippen LogP contribution >= 0.6 is 0 Å². The van der Waals surface area contributed by atoms with E-state index in [-0.39, 0.29) is 23.9 Å². The van der Waals surface area contributed by atoms with Gasteiger partial charge in [0.2, 0.25) is 5.91 Å². The van der Waals surface area contributed by atoms with E-state index >= 15 is 0 Å². The molecule has 8 heteroatoms. The second-order valence-electron chi connectivity index (χ2n) is 7.28. The zero-order valence-electron chi connectivity index (χ0n) is 15.4. The fraction of sp³-hybridized carbons (Fsp3) is 0.421. The van der Waals surface area contributed by atoms with Gasteiger partial charge in [0.15, 0.2) is 0 Å². The van der Waals surface area contributed by atoms with E-state index in [0.717, 1.165) is 18.7 Å². The Labute approximate surface area is 156 Å². The lowest BCUT2D eigenvalue weighted by Gasteiger charge is -2.24. The summed E-state index contributed by atoms with van der Waals surface area (Å²) in [6.07, 6.45) is 8.49. The van der Waals surface area contributed by atoms with Crippen molar-refractivity contribution < 1.29 is 4.79 Å². The molecule has 27 heavy (non-hydrogen) atoms. The third-order valence-electron chi connectivity index (χ3n) is 5.00. The minimum Gasteiger partial charge on any atom is -0.309 e. The standard InChI is InChI=1S/C19H22N6O2/c1-12(2)18-23-25(10-17(26)22-16-6-7-20-11-21-16)19(27)15-8-14(9-24(15)18)13-4-3-5-13/h6-9,11-13H,3-5,10H2,1-2H3,(H,20,21,22,26). The highest BCUT2D eigenvalue weighted by atomic mass is 16.2. The number of hydrogen-bond acceptors (Lipinski definition) is 5. The maximum absolute atomic E-state index is 12.9.